The van der Waals surface area contributed by atoms with Gasteiger partial charge < -0.3 is 0 Å². The molecule has 2 aromatic rings. The number of hydrogen-bond acceptors (Lipinski definition) is 6. The highest BCUT2D eigenvalue weighted by atomic mass is 32.2. The standard InChI is InChI=1S/C14H14N6OS/c1-10-17-18-19-20(10)12(9-11-5-3-2-4-6-11)13(21)16-14-15-7-8-22-14/h2-6,9H,7-8H2,1H3,(H,15,16,21)/b12-9-. The van der Waals surface area contributed by atoms with Crippen molar-refractivity contribution in [2.75, 3.05) is 12.3 Å². The van der Waals surface area contributed by atoms with Crippen LogP contribution in [-0.4, -0.2) is 43.6 Å². The molecule has 0 fully saturated rings. The summed E-state index contributed by atoms with van der Waals surface area (Å²) < 4.78 is 1.42. The number of aromatic nitrogens is 4. The van der Waals surface area contributed by atoms with Crippen molar-refractivity contribution in [3.05, 3.63) is 41.7 Å². The number of nitrogens with zero attached hydrogens (tertiary/aromatic N) is 5. The molecule has 1 N–H and O–H groups in total. The van der Waals surface area contributed by atoms with Crippen LogP contribution >= 0.6 is 11.8 Å². The van der Waals surface area contributed by atoms with Crippen LogP contribution in [0.5, 0.6) is 0 Å². The van der Waals surface area contributed by atoms with Crippen molar-refractivity contribution in [3.8, 4) is 0 Å². The van der Waals surface area contributed by atoms with Crippen LogP contribution in [0.15, 0.2) is 35.3 Å². The number of nitrogens with one attached hydrogen (secondary N) is 1. The molecular formula is C14H14N6OS. The first-order valence-corrected chi connectivity index (χ1v) is 7.73. The van der Waals surface area contributed by atoms with Gasteiger partial charge in [0.15, 0.2) is 11.0 Å². The van der Waals surface area contributed by atoms with Crippen molar-refractivity contribution in [3.63, 3.8) is 0 Å². The molecule has 8 heteroatoms. The van der Waals surface area contributed by atoms with Gasteiger partial charge in [-0.1, -0.05) is 42.1 Å². The van der Waals surface area contributed by atoms with E-state index in [-0.39, 0.29) is 5.91 Å². The number of aryl methyl sites for hydroxylation is 1. The zero-order chi connectivity index (χ0) is 15.4. The maximum atomic E-state index is 12.6. The average Bonchev–Trinajstić information content (AvgIpc) is 3.17. The van der Waals surface area contributed by atoms with Gasteiger partial charge in [0.05, 0.1) is 6.54 Å². The molecule has 22 heavy (non-hydrogen) atoms. The van der Waals surface area contributed by atoms with E-state index in [4.69, 9.17) is 0 Å². The zero-order valence-corrected chi connectivity index (χ0v) is 12.7. The fraction of sp³-hybridized carbons (Fsp3) is 0.214. The molecule has 1 aliphatic heterocycles. The summed E-state index contributed by atoms with van der Waals surface area (Å²) in [6.45, 7) is 2.47. The second-order valence-electron chi connectivity index (χ2n) is 4.57. The summed E-state index contributed by atoms with van der Waals surface area (Å²) in [6.07, 6.45) is 1.75. The first-order chi connectivity index (χ1) is 10.7. The number of amides is 1. The molecule has 0 radical (unpaired) electrons. The number of tetrazole rings is 1. The summed E-state index contributed by atoms with van der Waals surface area (Å²) in [5.74, 6) is 1.14. The summed E-state index contributed by atoms with van der Waals surface area (Å²) in [6, 6.07) is 9.56. The van der Waals surface area contributed by atoms with Crippen LogP contribution in [0.4, 0.5) is 0 Å². The Bertz CT molecular complexity index is 737. The van der Waals surface area contributed by atoms with E-state index < -0.39 is 0 Å². The topological polar surface area (TPSA) is 85.1 Å². The number of thioether (sulfide) groups is 1. The Kier molecular flexibility index (Phi) is 4.29. The quantitative estimate of drug-likeness (QED) is 0.860. The fourth-order valence-corrected chi connectivity index (χ4v) is 2.68. The Balaban J connectivity index is 1.94. The lowest BCUT2D eigenvalue weighted by Gasteiger charge is -2.09. The van der Waals surface area contributed by atoms with Gasteiger partial charge in [0.2, 0.25) is 0 Å². The highest BCUT2D eigenvalue weighted by molar-refractivity contribution is 8.14. The summed E-state index contributed by atoms with van der Waals surface area (Å²) in [5, 5.41) is 14.8. The number of aliphatic imine (C=N–C) groups is 1. The molecule has 0 saturated heterocycles. The molecule has 0 spiro atoms. The summed E-state index contributed by atoms with van der Waals surface area (Å²) in [7, 11) is 0. The lowest BCUT2D eigenvalue weighted by Crippen LogP contribution is -2.30. The molecule has 0 atom stereocenters. The second-order valence-corrected chi connectivity index (χ2v) is 5.65. The minimum atomic E-state index is -0.285. The molecular weight excluding hydrogens is 300 g/mol. The number of amidine groups is 1. The van der Waals surface area contributed by atoms with Crippen LogP contribution in [0.25, 0.3) is 11.8 Å². The van der Waals surface area contributed by atoms with Crippen molar-refractivity contribution < 1.29 is 4.79 Å². The number of hydrogen-bond donors (Lipinski definition) is 1. The van der Waals surface area contributed by atoms with E-state index in [9.17, 15) is 4.79 Å². The van der Waals surface area contributed by atoms with Crippen LogP contribution in [0, 0.1) is 6.92 Å². The van der Waals surface area contributed by atoms with Crippen molar-refractivity contribution in [1.82, 2.24) is 25.5 Å². The largest absolute Gasteiger partial charge is 0.300 e. The molecule has 0 aliphatic carbocycles. The minimum Gasteiger partial charge on any atom is -0.300 e. The maximum Gasteiger partial charge on any atom is 0.276 e. The molecule has 112 valence electrons. The van der Waals surface area contributed by atoms with Gasteiger partial charge in [0.25, 0.3) is 5.91 Å². The van der Waals surface area contributed by atoms with E-state index in [1.54, 1.807) is 13.0 Å². The Labute approximate surface area is 131 Å². The van der Waals surface area contributed by atoms with E-state index in [0.717, 1.165) is 17.9 Å². The first kappa shape index (κ1) is 14.5. The summed E-state index contributed by atoms with van der Waals surface area (Å²) >= 11 is 1.53. The van der Waals surface area contributed by atoms with Gasteiger partial charge in [0.1, 0.15) is 5.70 Å². The number of benzene rings is 1. The normalized spacial score (nSPS) is 14.8. The van der Waals surface area contributed by atoms with Crippen LogP contribution < -0.4 is 5.32 Å². The van der Waals surface area contributed by atoms with Crippen LogP contribution in [0.3, 0.4) is 0 Å². The molecule has 2 heterocycles. The third-order valence-electron chi connectivity index (χ3n) is 3.00. The predicted molar refractivity (Wildman–Crippen MR) is 86.1 cm³/mol. The lowest BCUT2D eigenvalue weighted by atomic mass is 10.2. The van der Waals surface area contributed by atoms with E-state index in [1.165, 1.54) is 16.4 Å². The smallest absolute Gasteiger partial charge is 0.276 e. The summed E-state index contributed by atoms with van der Waals surface area (Å²) in [5.41, 5.74) is 1.24. The lowest BCUT2D eigenvalue weighted by molar-refractivity contribution is -0.114. The van der Waals surface area contributed by atoms with E-state index >= 15 is 0 Å². The van der Waals surface area contributed by atoms with Crippen molar-refractivity contribution in [2.45, 2.75) is 6.92 Å². The van der Waals surface area contributed by atoms with Gasteiger partial charge in [-0.3, -0.25) is 15.1 Å². The highest BCUT2D eigenvalue weighted by Crippen LogP contribution is 2.14. The fourth-order valence-electron chi connectivity index (χ4n) is 1.96. The monoisotopic (exact) mass is 314 g/mol. The minimum absolute atomic E-state index is 0.285. The molecule has 0 unspecified atom stereocenters. The first-order valence-electron chi connectivity index (χ1n) is 6.75. The second kappa shape index (κ2) is 6.52. The number of carbonyl (C=O) groups excluding carboxylic acids is 1. The molecule has 3 rings (SSSR count). The molecule has 1 aliphatic rings. The Hall–Kier alpha value is -2.48. The van der Waals surface area contributed by atoms with Gasteiger partial charge in [-0.15, -0.1) is 5.10 Å². The molecule has 1 aromatic carbocycles. The van der Waals surface area contributed by atoms with Crippen molar-refractivity contribution in [1.29, 1.82) is 0 Å². The van der Waals surface area contributed by atoms with Gasteiger partial charge in [-0.25, -0.2) is 0 Å². The van der Waals surface area contributed by atoms with Crippen LogP contribution in [0.1, 0.15) is 11.4 Å². The SMILES string of the molecule is Cc1nnnn1/C(=C\c1ccccc1)C(=O)NC1=NCCS1. The third-order valence-corrected chi connectivity index (χ3v) is 3.89. The molecule has 0 saturated carbocycles. The van der Waals surface area contributed by atoms with Gasteiger partial charge >= 0.3 is 0 Å². The van der Waals surface area contributed by atoms with Crippen LogP contribution in [-0.2, 0) is 4.79 Å². The molecule has 1 aromatic heterocycles. The van der Waals surface area contributed by atoms with Crippen molar-refractivity contribution in [2.24, 2.45) is 4.99 Å². The number of carbonyl (C=O) groups is 1. The Morgan fingerprint density at radius 2 is 2.18 bits per heavy atom. The third kappa shape index (κ3) is 3.22. The van der Waals surface area contributed by atoms with Gasteiger partial charge in [0, 0.05) is 5.75 Å². The molecule has 7 nitrogen and oxygen atoms in total. The zero-order valence-electron chi connectivity index (χ0n) is 11.9. The van der Waals surface area contributed by atoms with E-state index in [1.807, 2.05) is 30.3 Å². The van der Waals surface area contributed by atoms with E-state index in [2.05, 4.69) is 25.8 Å². The Morgan fingerprint density at radius 3 is 2.82 bits per heavy atom. The van der Waals surface area contributed by atoms with Crippen molar-refractivity contribution >= 4 is 34.6 Å². The van der Waals surface area contributed by atoms with E-state index in [0.29, 0.717) is 16.7 Å². The molecule has 0 bridgehead atoms. The number of rotatable bonds is 3. The average molecular weight is 314 g/mol. The summed E-state index contributed by atoms with van der Waals surface area (Å²) in [4.78, 5) is 16.8. The highest BCUT2D eigenvalue weighted by Gasteiger charge is 2.19. The Morgan fingerprint density at radius 1 is 1.36 bits per heavy atom. The maximum absolute atomic E-state index is 12.6. The predicted octanol–water partition coefficient (Wildman–Crippen LogP) is 1.20. The van der Waals surface area contributed by atoms with Gasteiger partial charge in [-0.2, -0.15) is 4.68 Å². The molecule has 1 amide bonds. The van der Waals surface area contributed by atoms with Crippen LogP contribution in [0.2, 0.25) is 0 Å². The van der Waals surface area contributed by atoms with Gasteiger partial charge in [-0.05, 0) is 29.0 Å².